The monoisotopic (exact) mass is 379 g/mol. The maximum Gasteiger partial charge on any atom is 0.243 e. The minimum Gasteiger partial charge on any atom is -0.316 e. The number of nitrogens with zero attached hydrogens (tertiary/aromatic N) is 1. The molecule has 1 aromatic rings. The van der Waals surface area contributed by atoms with Crippen LogP contribution in [0.4, 0.5) is 10.1 Å². The Morgan fingerprint density at radius 1 is 1.29 bits per heavy atom. The molecule has 0 spiro atoms. The van der Waals surface area contributed by atoms with Crippen molar-refractivity contribution in [1.82, 2.24) is 9.62 Å². The van der Waals surface area contributed by atoms with Gasteiger partial charge < -0.3 is 5.32 Å². The summed E-state index contributed by atoms with van der Waals surface area (Å²) in [6, 6.07) is 3.27. The Bertz CT molecular complexity index is 796. The van der Waals surface area contributed by atoms with Crippen LogP contribution in [0.2, 0.25) is 0 Å². The van der Waals surface area contributed by atoms with Gasteiger partial charge in [0.05, 0.1) is 16.3 Å². The molecule has 1 saturated heterocycles. The van der Waals surface area contributed by atoms with Crippen LogP contribution in [0.15, 0.2) is 23.1 Å². The van der Waals surface area contributed by atoms with E-state index in [1.165, 1.54) is 17.3 Å². The van der Waals surface area contributed by atoms with Crippen molar-refractivity contribution in [2.24, 2.45) is 0 Å². The molecule has 1 aromatic carbocycles. The molecular weight excluding hydrogens is 357 g/mol. The summed E-state index contributed by atoms with van der Waals surface area (Å²) < 4.78 is 65.9. The standard InChI is InChI=1S/C14H22FN3O4S2/c1-3-23(19,20)17-14-7-6-12(9-13(14)15)24(21,22)18-8-4-5-11(10-18)16-2/h6-7,9,11,16-17H,3-5,8,10H2,1-2H3. The Hall–Kier alpha value is -1.23. The molecule has 1 unspecified atom stereocenters. The number of piperidine rings is 1. The summed E-state index contributed by atoms with van der Waals surface area (Å²) >= 11 is 0. The quantitative estimate of drug-likeness (QED) is 0.768. The number of halogens is 1. The van der Waals surface area contributed by atoms with E-state index >= 15 is 0 Å². The van der Waals surface area contributed by atoms with Crippen molar-refractivity contribution in [3.8, 4) is 0 Å². The second-order valence-corrected chi connectivity index (χ2v) is 9.59. The van der Waals surface area contributed by atoms with Crippen LogP contribution in [-0.2, 0) is 20.0 Å². The van der Waals surface area contributed by atoms with Crippen molar-refractivity contribution in [3.05, 3.63) is 24.0 Å². The SMILES string of the molecule is CCS(=O)(=O)Nc1ccc(S(=O)(=O)N2CCCC(NC)C2)cc1F. The summed E-state index contributed by atoms with van der Waals surface area (Å²) in [5.41, 5.74) is -0.262. The largest absolute Gasteiger partial charge is 0.316 e. The van der Waals surface area contributed by atoms with Gasteiger partial charge in [0.2, 0.25) is 20.0 Å². The van der Waals surface area contributed by atoms with E-state index in [0.717, 1.165) is 25.0 Å². The predicted octanol–water partition coefficient (Wildman–Crippen LogP) is 0.960. The zero-order chi connectivity index (χ0) is 18.0. The van der Waals surface area contributed by atoms with Crippen LogP contribution in [-0.4, -0.2) is 53.1 Å². The third kappa shape index (κ3) is 4.24. The van der Waals surface area contributed by atoms with Crippen molar-refractivity contribution < 1.29 is 21.2 Å². The van der Waals surface area contributed by atoms with Crippen molar-refractivity contribution in [3.63, 3.8) is 0 Å². The molecule has 2 N–H and O–H groups in total. The fourth-order valence-corrected chi connectivity index (χ4v) is 4.71. The van der Waals surface area contributed by atoms with E-state index < -0.39 is 25.9 Å². The highest BCUT2D eigenvalue weighted by Crippen LogP contribution is 2.24. The molecular formula is C14H22FN3O4S2. The molecule has 0 radical (unpaired) electrons. The van der Waals surface area contributed by atoms with E-state index in [2.05, 4.69) is 10.0 Å². The second-order valence-electron chi connectivity index (χ2n) is 5.64. The molecule has 1 fully saturated rings. The van der Waals surface area contributed by atoms with Gasteiger partial charge in [-0.25, -0.2) is 21.2 Å². The molecule has 0 saturated carbocycles. The highest BCUT2D eigenvalue weighted by atomic mass is 32.2. The highest BCUT2D eigenvalue weighted by Gasteiger charge is 2.30. The van der Waals surface area contributed by atoms with E-state index in [1.54, 1.807) is 7.05 Å². The summed E-state index contributed by atoms with van der Waals surface area (Å²) in [6.07, 6.45) is 1.61. The third-order valence-corrected chi connectivity index (χ3v) is 7.17. The molecule has 7 nitrogen and oxygen atoms in total. The first-order chi connectivity index (χ1) is 11.2. The molecule has 1 aliphatic heterocycles. The first-order valence-corrected chi connectivity index (χ1v) is 10.8. The zero-order valence-electron chi connectivity index (χ0n) is 13.6. The second kappa shape index (κ2) is 7.34. The lowest BCUT2D eigenvalue weighted by Gasteiger charge is -2.31. The van der Waals surface area contributed by atoms with Gasteiger partial charge >= 0.3 is 0 Å². The van der Waals surface area contributed by atoms with Gasteiger partial charge in [-0.15, -0.1) is 0 Å². The smallest absolute Gasteiger partial charge is 0.243 e. The molecule has 1 aliphatic rings. The van der Waals surface area contributed by atoms with Gasteiger partial charge in [0.1, 0.15) is 5.82 Å². The van der Waals surface area contributed by atoms with Crippen LogP contribution in [0.25, 0.3) is 0 Å². The van der Waals surface area contributed by atoms with Gasteiger partial charge in [0.15, 0.2) is 0 Å². The minimum absolute atomic E-state index is 0.0639. The zero-order valence-corrected chi connectivity index (χ0v) is 15.3. The lowest BCUT2D eigenvalue weighted by atomic mass is 10.1. The Balaban J connectivity index is 2.27. The van der Waals surface area contributed by atoms with Gasteiger partial charge in [-0.05, 0) is 45.0 Å². The van der Waals surface area contributed by atoms with Gasteiger partial charge in [0, 0.05) is 19.1 Å². The Morgan fingerprint density at radius 3 is 2.58 bits per heavy atom. The maximum absolute atomic E-state index is 14.1. The molecule has 136 valence electrons. The summed E-state index contributed by atoms with van der Waals surface area (Å²) in [5.74, 6) is -1.12. The third-order valence-electron chi connectivity index (χ3n) is 4.02. The summed E-state index contributed by atoms with van der Waals surface area (Å²) in [5, 5.41) is 3.05. The molecule has 24 heavy (non-hydrogen) atoms. The first-order valence-electron chi connectivity index (χ1n) is 7.67. The average molecular weight is 379 g/mol. The topological polar surface area (TPSA) is 95.6 Å². The lowest BCUT2D eigenvalue weighted by molar-refractivity contribution is 0.293. The van der Waals surface area contributed by atoms with Crippen molar-refractivity contribution >= 4 is 25.7 Å². The van der Waals surface area contributed by atoms with Crippen molar-refractivity contribution in [2.45, 2.75) is 30.7 Å². The number of rotatable bonds is 6. The Labute approximate surface area is 142 Å². The fraction of sp³-hybridized carbons (Fsp3) is 0.571. The van der Waals surface area contributed by atoms with Gasteiger partial charge in [0.25, 0.3) is 0 Å². The molecule has 0 bridgehead atoms. The van der Waals surface area contributed by atoms with Gasteiger partial charge in [-0.3, -0.25) is 4.72 Å². The van der Waals surface area contributed by atoms with E-state index in [1.807, 2.05) is 0 Å². The Kier molecular flexibility index (Phi) is 5.84. The molecule has 0 aliphatic carbocycles. The van der Waals surface area contributed by atoms with Crippen LogP contribution in [0.3, 0.4) is 0 Å². The van der Waals surface area contributed by atoms with Crippen LogP contribution in [0.1, 0.15) is 19.8 Å². The number of nitrogens with one attached hydrogen (secondary N) is 2. The van der Waals surface area contributed by atoms with Gasteiger partial charge in [-0.1, -0.05) is 0 Å². The molecule has 1 atom stereocenters. The molecule has 2 rings (SSSR count). The molecule has 0 amide bonds. The van der Waals surface area contributed by atoms with E-state index in [9.17, 15) is 21.2 Å². The number of benzene rings is 1. The maximum atomic E-state index is 14.1. The lowest BCUT2D eigenvalue weighted by Crippen LogP contribution is -2.46. The van der Waals surface area contributed by atoms with Crippen molar-refractivity contribution in [1.29, 1.82) is 0 Å². The van der Waals surface area contributed by atoms with Crippen LogP contribution >= 0.6 is 0 Å². The number of anilines is 1. The number of sulfonamides is 2. The molecule has 0 aromatic heterocycles. The number of hydrogen-bond acceptors (Lipinski definition) is 5. The number of hydrogen-bond donors (Lipinski definition) is 2. The number of likely N-dealkylation sites (N-methyl/N-ethyl adjacent to an activating group) is 1. The van der Waals surface area contributed by atoms with Crippen molar-refractivity contribution in [2.75, 3.05) is 30.6 Å². The van der Waals surface area contributed by atoms with Crippen LogP contribution in [0, 0.1) is 5.82 Å². The minimum atomic E-state index is -3.82. The predicted molar refractivity (Wildman–Crippen MR) is 90.3 cm³/mol. The summed E-state index contributed by atoms with van der Waals surface area (Å²) in [4.78, 5) is -0.184. The normalized spacial score (nSPS) is 20.0. The summed E-state index contributed by atoms with van der Waals surface area (Å²) in [7, 11) is -5.68. The first kappa shape index (κ1) is 19.1. The van der Waals surface area contributed by atoms with Crippen LogP contribution < -0.4 is 10.0 Å². The van der Waals surface area contributed by atoms with Gasteiger partial charge in [-0.2, -0.15) is 4.31 Å². The molecule has 1 heterocycles. The van der Waals surface area contributed by atoms with E-state index in [-0.39, 0.29) is 22.4 Å². The van der Waals surface area contributed by atoms with Crippen LogP contribution in [0.5, 0.6) is 0 Å². The fourth-order valence-electron chi connectivity index (χ4n) is 2.52. The van der Waals surface area contributed by atoms with E-state index in [0.29, 0.717) is 13.1 Å². The average Bonchev–Trinajstić information content (AvgIpc) is 2.56. The van der Waals surface area contributed by atoms with E-state index in [4.69, 9.17) is 0 Å². The highest BCUT2D eigenvalue weighted by molar-refractivity contribution is 7.92. The Morgan fingerprint density at radius 2 is 2.00 bits per heavy atom. The molecule has 10 heteroatoms. The summed E-state index contributed by atoms with van der Waals surface area (Å²) in [6.45, 7) is 2.13.